The van der Waals surface area contributed by atoms with Gasteiger partial charge in [-0.25, -0.2) is 0 Å². The molecule has 0 aromatic heterocycles. The molecule has 1 fully saturated rings. The van der Waals surface area contributed by atoms with Crippen LogP contribution >= 0.6 is 0 Å². The standard InChI is InChI=1S/C16H22N2O3/c1-16(2,11-21-10-12-6-4-3-5-7-12)18-15(20)13-8-14(19)17-9-13/h3-7,13H,8-11H2,1-2H3,(H,17,19)(H,18,20). The summed E-state index contributed by atoms with van der Waals surface area (Å²) in [6.07, 6.45) is 0.271. The summed E-state index contributed by atoms with van der Waals surface area (Å²) < 4.78 is 5.67. The van der Waals surface area contributed by atoms with Gasteiger partial charge < -0.3 is 15.4 Å². The lowest BCUT2D eigenvalue weighted by Crippen LogP contribution is -2.49. The number of hydrogen-bond acceptors (Lipinski definition) is 3. The van der Waals surface area contributed by atoms with Crippen molar-refractivity contribution in [3.8, 4) is 0 Å². The van der Waals surface area contributed by atoms with E-state index < -0.39 is 5.54 Å². The Hall–Kier alpha value is -1.88. The monoisotopic (exact) mass is 290 g/mol. The molecule has 0 radical (unpaired) electrons. The Morgan fingerprint density at radius 2 is 2.10 bits per heavy atom. The molecular formula is C16H22N2O3. The van der Waals surface area contributed by atoms with Crippen LogP contribution in [0, 0.1) is 5.92 Å². The molecule has 1 aliphatic rings. The van der Waals surface area contributed by atoms with E-state index in [1.807, 2.05) is 44.2 Å². The lowest BCUT2D eigenvalue weighted by molar-refractivity contribution is -0.128. The van der Waals surface area contributed by atoms with Crippen LogP contribution in [0.15, 0.2) is 30.3 Å². The summed E-state index contributed by atoms with van der Waals surface area (Å²) in [5.74, 6) is -0.430. The molecule has 0 spiro atoms. The summed E-state index contributed by atoms with van der Waals surface area (Å²) in [6.45, 7) is 5.19. The second-order valence-corrected chi connectivity index (χ2v) is 6.06. The van der Waals surface area contributed by atoms with Crippen molar-refractivity contribution in [1.82, 2.24) is 10.6 Å². The summed E-state index contributed by atoms with van der Waals surface area (Å²) in [5.41, 5.74) is 0.641. The fourth-order valence-electron chi connectivity index (χ4n) is 2.26. The average Bonchev–Trinajstić information content (AvgIpc) is 2.86. The van der Waals surface area contributed by atoms with E-state index in [9.17, 15) is 9.59 Å². The highest BCUT2D eigenvalue weighted by Crippen LogP contribution is 2.12. The molecule has 21 heavy (non-hydrogen) atoms. The predicted octanol–water partition coefficient (Wildman–Crippen LogP) is 1.23. The van der Waals surface area contributed by atoms with Gasteiger partial charge in [0.1, 0.15) is 0 Å². The van der Waals surface area contributed by atoms with Gasteiger partial charge in [-0.3, -0.25) is 9.59 Å². The Morgan fingerprint density at radius 3 is 2.71 bits per heavy atom. The third kappa shape index (κ3) is 4.86. The molecule has 1 saturated heterocycles. The van der Waals surface area contributed by atoms with Crippen LogP contribution in [0.1, 0.15) is 25.8 Å². The molecule has 2 N–H and O–H groups in total. The maximum atomic E-state index is 12.1. The molecule has 1 aromatic carbocycles. The minimum Gasteiger partial charge on any atom is -0.374 e. The summed E-state index contributed by atoms with van der Waals surface area (Å²) in [6, 6.07) is 9.90. The molecule has 1 unspecified atom stereocenters. The van der Waals surface area contributed by atoms with Crippen LogP contribution in [0.5, 0.6) is 0 Å². The Kier molecular flexibility index (Phi) is 4.96. The fourth-order valence-corrected chi connectivity index (χ4v) is 2.26. The number of carbonyl (C=O) groups is 2. The van der Waals surface area contributed by atoms with Gasteiger partial charge >= 0.3 is 0 Å². The zero-order valence-electron chi connectivity index (χ0n) is 12.5. The third-order valence-electron chi connectivity index (χ3n) is 3.38. The molecule has 1 heterocycles. The van der Waals surface area contributed by atoms with Crippen molar-refractivity contribution >= 4 is 11.8 Å². The number of nitrogens with one attached hydrogen (secondary N) is 2. The normalized spacial score (nSPS) is 18.4. The number of amides is 2. The van der Waals surface area contributed by atoms with Crippen molar-refractivity contribution in [1.29, 1.82) is 0 Å². The van der Waals surface area contributed by atoms with Gasteiger partial charge in [0.25, 0.3) is 0 Å². The highest BCUT2D eigenvalue weighted by atomic mass is 16.5. The van der Waals surface area contributed by atoms with Crippen molar-refractivity contribution in [3.63, 3.8) is 0 Å². The van der Waals surface area contributed by atoms with Crippen LogP contribution in [0.2, 0.25) is 0 Å². The van der Waals surface area contributed by atoms with Gasteiger partial charge in [0, 0.05) is 13.0 Å². The van der Waals surface area contributed by atoms with Crippen LogP contribution in [0.3, 0.4) is 0 Å². The Balaban J connectivity index is 1.76. The zero-order valence-corrected chi connectivity index (χ0v) is 12.5. The quantitative estimate of drug-likeness (QED) is 0.828. The second kappa shape index (κ2) is 6.72. The van der Waals surface area contributed by atoms with E-state index in [-0.39, 0.29) is 24.2 Å². The maximum Gasteiger partial charge on any atom is 0.225 e. The lowest BCUT2D eigenvalue weighted by atomic mass is 10.0. The molecular weight excluding hydrogens is 268 g/mol. The van der Waals surface area contributed by atoms with Crippen LogP contribution in [0.25, 0.3) is 0 Å². The first-order valence-corrected chi connectivity index (χ1v) is 7.17. The van der Waals surface area contributed by atoms with Crippen molar-refractivity contribution in [2.45, 2.75) is 32.4 Å². The van der Waals surface area contributed by atoms with Crippen LogP contribution in [-0.4, -0.2) is 30.5 Å². The first-order chi connectivity index (χ1) is 9.96. The molecule has 5 nitrogen and oxygen atoms in total. The molecule has 0 bridgehead atoms. The van der Waals surface area contributed by atoms with Crippen LogP contribution in [-0.2, 0) is 20.9 Å². The van der Waals surface area contributed by atoms with Crippen molar-refractivity contribution in [2.24, 2.45) is 5.92 Å². The first kappa shape index (κ1) is 15.5. The molecule has 1 aromatic rings. The predicted molar refractivity (Wildman–Crippen MR) is 79.4 cm³/mol. The first-order valence-electron chi connectivity index (χ1n) is 7.17. The SMILES string of the molecule is CC(C)(COCc1ccccc1)NC(=O)C1CNC(=O)C1. The van der Waals surface area contributed by atoms with Crippen molar-refractivity contribution in [3.05, 3.63) is 35.9 Å². The van der Waals surface area contributed by atoms with Gasteiger partial charge in [0.05, 0.1) is 24.7 Å². The molecule has 0 saturated carbocycles. The fraction of sp³-hybridized carbons (Fsp3) is 0.500. The topological polar surface area (TPSA) is 67.4 Å². The van der Waals surface area contributed by atoms with Crippen LogP contribution < -0.4 is 10.6 Å². The van der Waals surface area contributed by atoms with E-state index in [2.05, 4.69) is 10.6 Å². The lowest BCUT2D eigenvalue weighted by Gasteiger charge is -2.27. The molecule has 2 amide bonds. The van der Waals surface area contributed by atoms with Gasteiger partial charge in [-0.1, -0.05) is 30.3 Å². The number of carbonyl (C=O) groups excluding carboxylic acids is 2. The number of rotatable bonds is 6. The molecule has 1 aliphatic heterocycles. The van der Waals surface area contributed by atoms with E-state index in [1.54, 1.807) is 0 Å². The Morgan fingerprint density at radius 1 is 1.38 bits per heavy atom. The average molecular weight is 290 g/mol. The van der Waals surface area contributed by atoms with E-state index in [0.717, 1.165) is 5.56 Å². The summed E-state index contributed by atoms with van der Waals surface area (Å²) >= 11 is 0. The van der Waals surface area contributed by atoms with Crippen LogP contribution in [0.4, 0.5) is 0 Å². The van der Waals surface area contributed by atoms with Gasteiger partial charge in [-0.2, -0.15) is 0 Å². The zero-order chi connectivity index (χ0) is 15.3. The molecule has 5 heteroatoms. The number of ether oxygens (including phenoxy) is 1. The molecule has 2 rings (SSSR count). The third-order valence-corrected chi connectivity index (χ3v) is 3.38. The Labute approximate surface area is 125 Å². The van der Waals surface area contributed by atoms with Gasteiger partial charge in [-0.15, -0.1) is 0 Å². The molecule has 0 aliphatic carbocycles. The summed E-state index contributed by atoms with van der Waals surface area (Å²) in [4.78, 5) is 23.2. The minimum atomic E-state index is -0.461. The minimum absolute atomic E-state index is 0.0618. The highest BCUT2D eigenvalue weighted by molar-refractivity contribution is 5.89. The highest BCUT2D eigenvalue weighted by Gasteiger charge is 2.31. The van der Waals surface area contributed by atoms with E-state index in [1.165, 1.54) is 0 Å². The second-order valence-electron chi connectivity index (χ2n) is 6.06. The Bertz CT molecular complexity index is 500. The smallest absolute Gasteiger partial charge is 0.225 e. The van der Waals surface area contributed by atoms with Gasteiger partial charge in [0.15, 0.2) is 0 Å². The molecule has 1 atom stereocenters. The van der Waals surface area contributed by atoms with E-state index in [0.29, 0.717) is 19.8 Å². The molecule has 114 valence electrons. The summed E-state index contributed by atoms with van der Waals surface area (Å²) in [5, 5.41) is 5.62. The van der Waals surface area contributed by atoms with E-state index >= 15 is 0 Å². The van der Waals surface area contributed by atoms with Gasteiger partial charge in [0.2, 0.25) is 11.8 Å². The van der Waals surface area contributed by atoms with Gasteiger partial charge in [-0.05, 0) is 19.4 Å². The number of benzene rings is 1. The van der Waals surface area contributed by atoms with Crippen molar-refractivity contribution in [2.75, 3.05) is 13.2 Å². The summed E-state index contributed by atoms with van der Waals surface area (Å²) in [7, 11) is 0. The van der Waals surface area contributed by atoms with E-state index in [4.69, 9.17) is 4.74 Å². The largest absolute Gasteiger partial charge is 0.374 e. The number of hydrogen-bond donors (Lipinski definition) is 2. The maximum absolute atomic E-state index is 12.1. The van der Waals surface area contributed by atoms with Crippen molar-refractivity contribution < 1.29 is 14.3 Å².